The molecule has 0 aliphatic carbocycles. The van der Waals surface area contributed by atoms with Crippen LogP contribution in [-0.2, 0) is 10.0 Å². The third kappa shape index (κ3) is 4.64. The zero-order chi connectivity index (χ0) is 22.7. The number of carbonyl (C=O) groups excluding carboxylic acids is 1. The first-order chi connectivity index (χ1) is 15.4. The molecule has 0 bridgehead atoms. The molecular weight excluding hydrogens is 455 g/mol. The summed E-state index contributed by atoms with van der Waals surface area (Å²) in [5.41, 5.74) is 0.610. The smallest absolute Gasteiger partial charge is 0.286 e. The van der Waals surface area contributed by atoms with Crippen LogP contribution in [0.25, 0.3) is 0 Å². The summed E-state index contributed by atoms with van der Waals surface area (Å²) in [4.78, 5) is 12.2. The van der Waals surface area contributed by atoms with Crippen molar-refractivity contribution in [3.05, 3.63) is 64.4 Å². The number of anilines is 1. The van der Waals surface area contributed by atoms with Crippen LogP contribution in [0.5, 0.6) is 5.75 Å². The molecule has 0 atom stereocenters. The fraction of sp³-hybridized carbons (Fsp3) is 0.286. The Morgan fingerprint density at radius 1 is 1.12 bits per heavy atom. The number of benzene rings is 2. The second-order valence-electron chi connectivity index (χ2n) is 7.24. The number of piperidine rings is 1. The number of hydrogen-bond acceptors (Lipinski definition) is 7. The first kappa shape index (κ1) is 22.3. The zero-order valence-corrected chi connectivity index (χ0v) is 18.8. The zero-order valence-electron chi connectivity index (χ0n) is 17.2. The Morgan fingerprint density at radius 2 is 1.81 bits per heavy atom. The highest BCUT2D eigenvalue weighted by molar-refractivity contribution is 7.89. The van der Waals surface area contributed by atoms with Crippen LogP contribution in [0, 0.1) is 5.82 Å². The summed E-state index contributed by atoms with van der Waals surface area (Å²) >= 11 is 1.20. The average molecular weight is 477 g/mol. The minimum absolute atomic E-state index is 0.0119. The van der Waals surface area contributed by atoms with Gasteiger partial charge in [0, 0.05) is 24.7 Å². The molecule has 1 aliphatic rings. The molecular formula is C21H21FN4O4S2. The molecule has 168 valence electrons. The van der Waals surface area contributed by atoms with E-state index in [1.54, 1.807) is 31.4 Å². The van der Waals surface area contributed by atoms with E-state index in [9.17, 15) is 17.6 Å². The molecule has 8 nitrogen and oxygen atoms in total. The van der Waals surface area contributed by atoms with Crippen molar-refractivity contribution < 1.29 is 22.3 Å². The van der Waals surface area contributed by atoms with Gasteiger partial charge in [-0.25, -0.2) is 12.8 Å². The van der Waals surface area contributed by atoms with Crippen LogP contribution in [0.2, 0.25) is 0 Å². The molecule has 1 saturated heterocycles. The number of nitrogens with zero attached hydrogens (tertiary/aromatic N) is 3. The number of sulfonamides is 1. The molecule has 0 radical (unpaired) electrons. The Labute approximate surface area is 189 Å². The highest BCUT2D eigenvalue weighted by Gasteiger charge is 2.33. The van der Waals surface area contributed by atoms with E-state index in [4.69, 9.17) is 4.74 Å². The first-order valence-electron chi connectivity index (χ1n) is 9.92. The molecule has 11 heteroatoms. The molecule has 1 amide bonds. The van der Waals surface area contributed by atoms with E-state index >= 15 is 0 Å². The molecule has 1 aromatic heterocycles. The number of rotatable bonds is 6. The van der Waals surface area contributed by atoms with Crippen LogP contribution in [0.1, 0.15) is 33.6 Å². The maximum atomic E-state index is 14.0. The first-order valence-corrected chi connectivity index (χ1v) is 12.2. The summed E-state index contributed by atoms with van der Waals surface area (Å²) < 4.78 is 45.9. The van der Waals surface area contributed by atoms with Gasteiger partial charge >= 0.3 is 0 Å². The molecule has 3 aromatic rings. The second kappa shape index (κ2) is 9.31. The molecule has 1 N–H and O–H groups in total. The third-order valence-corrected chi connectivity index (χ3v) is 8.26. The molecule has 0 spiro atoms. The molecule has 2 heterocycles. The number of ether oxygens (including phenoxy) is 1. The lowest BCUT2D eigenvalue weighted by Gasteiger charge is -2.30. The number of methoxy groups -OCH3 is 1. The van der Waals surface area contributed by atoms with Gasteiger partial charge in [0.2, 0.25) is 15.0 Å². The Balaban J connectivity index is 1.38. The lowest BCUT2D eigenvalue weighted by Crippen LogP contribution is -2.38. The number of hydrogen-bond donors (Lipinski definition) is 1. The van der Waals surface area contributed by atoms with E-state index in [2.05, 4.69) is 15.5 Å². The van der Waals surface area contributed by atoms with Crippen molar-refractivity contribution in [2.45, 2.75) is 23.7 Å². The van der Waals surface area contributed by atoms with E-state index in [-0.39, 0.29) is 34.8 Å². The Hall–Kier alpha value is -2.89. The average Bonchev–Trinajstić information content (AvgIpc) is 3.30. The van der Waals surface area contributed by atoms with Gasteiger partial charge in [0.1, 0.15) is 21.5 Å². The van der Waals surface area contributed by atoms with Crippen molar-refractivity contribution in [3.63, 3.8) is 0 Å². The van der Waals surface area contributed by atoms with Crippen LogP contribution in [0.15, 0.2) is 53.4 Å². The van der Waals surface area contributed by atoms with Crippen LogP contribution in [0.3, 0.4) is 0 Å². The van der Waals surface area contributed by atoms with Gasteiger partial charge in [0.15, 0.2) is 0 Å². The van der Waals surface area contributed by atoms with Crippen molar-refractivity contribution in [3.8, 4) is 5.75 Å². The normalized spacial score (nSPS) is 15.4. The van der Waals surface area contributed by atoms with E-state index in [0.717, 1.165) is 6.07 Å². The maximum absolute atomic E-state index is 14.0. The number of halogens is 1. The number of carbonyl (C=O) groups is 1. The molecule has 1 fully saturated rings. The SMILES string of the molecule is COc1ccc(NC(=O)c2nnc(C3CCN(S(=O)(=O)c4ccccc4F)CC3)s2)cc1. The molecule has 0 unspecified atom stereocenters. The molecule has 2 aromatic carbocycles. The fourth-order valence-electron chi connectivity index (χ4n) is 3.49. The van der Waals surface area contributed by atoms with Gasteiger partial charge in [-0.15, -0.1) is 10.2 Å². The highest BCUT2D eigenvalue weighted by Crippen LogP contribution is 2.33. The van der Waals surface area contributed by atoms with Gasteiger partial charge in [-0.3, -0.25) is 4.79 Å². The standard InChI is InChI=1S/C21H21FN4O4S2/c1-30-16-8-6-15(7-9-16)23-19(27)21-25-24-20(31-21)14-10-12-26(13-11-14)32(28,29)18-5-3-2-4-17(18)22/h2-9,14H,10-13H2,1H3,(H,23,27). The van der Waals surface area contributed by atoms with Gasteiger partial charge in [0.05, 0.1) is 7.11 Å². The molecule has 4 rings (SSSR count). The van der Waals surface area contributed by atoms with E-state index in [0.29, 0.717) is 29.3 Å². The summed E-state index contributed by atoms with van der Waals surface area (Å²) in [6.07, 6.45) is 1.03. The van der Waals surface area contributed by atoms with Crippen molar-refractivity contribution >= 4 is 33.0 Å². The Morgan fingerprint density at radius 3 is 2.47 bits per heavy atom. The van der Waals surface area contributed by atoms with Crippen LogP contribution in [0.4, 0.5) is 10.1 Å². The van der Waals surface area contributed by atoms with E-state index in [1.165, 1.54) is 33.8 Å². The minimum Gasteiger partial charge on any atom is -0.497 e. The third-order valence-electron chi connectivity index (χ3n) is 5.24. The largest absolute Gasteiger partial charge is 0.497 e. The van der Waals surface area contributed by atoms with Gasteiger partial charge in [-0.05, 0) is 49.2 Å². The van der Waals surface area contributed by atoms with Crippen molar-refractivity contribution in [2.75, 3.05) is 25.5 Å². The summed E-state index contributed by atoms with van der Waals surface area (Å²) in [7, 11) is -2.33. The van der Waals surface area contributed by atoms with Crippen LogP contribution < -0.4 is 10.1 Å². The van der Waals surface area contributed by atoms with Gasteiger partial charge in [0.25, 0.3) is 5.91 Å². The van der Waals surface area contributed by atoms with Crippen LogP contribution >= 0.6 is 11.3 Å². The predicted octanol–water partition coefficient (Wildman–Crippen LogP) is 3.51. The lowest BCUT2D eigenvalue weighted by molar-refractivity contribution is 0.102. The highest BCUT2D eigenvalue weighted by atomic mass is 32.2. The maximum Gasteiger partial charge on any atom is 0.286 e. The molecule has 32 heavy (non-hydrogen) atoms. The molecule has 0 saturated carbocycles. The van der Waals surface area contributed by atoms with Gasteiger partial charge < -0.3 is 10.1 Å². The van der Waals surface area contributed by atoms with Gasteiger partial charge in [-0.2, -0.15) is 4.31 Å². The summed E-state index contributed by atoms with van der Waals surface area (Å²) in [5.74, 6) is -0.448. The minimum atomic E-state index is -3.89. The summed E-state index contributed by atoms with van der Waals surface area (Å²) in [6.45, 7) is 0.489. The Kier molecular flexibility index (Phi) is 6.49. The predicted molar refractivity (Wildman–Crippen MR) is 118 cm³/mol. The second-order valence-corrected chi connectivity index (χ2v) is 10.2. The quantitative estimate of drug-likeness (QED) is 0.584. The van der Waals surface area contributed by atoms with E-state index < -0.39 is 15.8 Å². The number of amides is 1. The summed E-state index contributed by atoms with van der Waals surface area (Å²) in [5, 5.41) is 11.8. The van der Waals surface area contributed by atoms with Crippen molar-refractivity contribution in [1.82, 2.24) is 14.5 Å². The Bertz CT molecular complexity index is 1210. The van der Waals surface area contributed by atoms with Crippen molar-refractivity contribution in [1.29, 1.82) is 0 Å². The van der Waals surface area contributed by atoms with Gasteiger partial charge in [-0.1, -0.05) is 23.5 Å². The lowest BCUT2D eigenvalue weighted by atomic mass is 9.99. The van der Waals surface area contributed by atoms with E-state index in [1.807, 2.05) is 0 Å². The summed E-state index contributed by atoms with van der Waals surface area (Å²) in [6, 6.07) is 12.3. The topological polar surface area (TPSA) is 101 Å². The van der Waals surface area contributed by atoms with Crippen LogP contribution in [-0.4, -0.2) is 49.0 Å². The number of nitrogens with one attached hydrogen (secondary N) is 1. The molecule has 1 aliphatic heterocycles. The fourth-order valence-corrected chi connectivity index (χ4v) is 5.93. The monoisotopic (exact) mass is 476 g/mol. The number of aromatic nitrogens is 2. The van der Waals surface area contributed by atoms with Crippen molar-refractivity contribution in [2.24, 2.45) is 0 Å².